The van der Waals surface area contributed by atoms with E-state index in [2.05, 4.69) is 16.0 Å². The van der Waals surface area contributed by atoms with Crippen molar-refractivity contribution in [1.29, 1.82) is 0 Å². The molecule has 0 aliphatic rings. The Labute approximate surface area is 177 Å². The molecule has 0 fully saturated rings. The van der Waals surface area contributed by atoms with Gasteiger partial charge in [0.25, 0.3) is 0 Å². The molecule has 0 heterocycles. The van der Waals surface area contributed by atoms with E-state index in [-0.39, 0.29) is 12.5 Å². The lowest BCUT2D eigenvalue weighted by molar-refractivity contribution is -0.125. The lowest BCUT2D eigenvalue weighted by Crippen LogP contribution is -2.48. The Hall–Kier alpha value is -3.19. The summed E-state index contributed by atoms with van der Waals surface area (Å²) in [7, 11) is 1.66. The van der Waals surface area contributed by atoms with Crippen molar-refractivity contribution in [2.24, 2.45) is 0 Å². The molecule has 7 heteroatoms. The zero-order valence-electron chi connectivity index (χ0n) is 18.4. The number of carbonyl (C=O) groups is 3. The summed E-state index contributed by atoms with van der Waals surface area (Å²) in [6, 6.07) is 10.1. The van der Waals surface area contributed by atoms with Crippen LogP contribution in [0.15, 0.2) is 36.4 Å². The summed E-state index contributed by atoms with van der Waals surface area (Å²) in [5.41, 5.74) is 5.47. The summed E-state index contributed by atoms with van der Waals surface area (Å²) in [6.45, 7) is 9.43. The van der Waals surface area contributed by atoms with E-state index >= 15 is 0 Å². The number of likely N-dealkylation sites (N-methyl/N-ethyl adjacent to an activating group) is 1. The van der Waals surface area contributed by atoms with Gasteiger partial charge in [-0.1, -0.05) is 29.8 Å². The van der Waals surface area contributed by atoms with Gasteiger partial charge in [-0.3, -0.25) is 19.8 Å². The summed E-state index contributed by atoms with van der Waals surface area (Å²) in [4.78, 5) is 38.6. The van der Waals surface area contributed by atoms with Crippen molar-refractivity contribution in [2.45, 2.75) is 40.7 Å². The van der Waals surface area contributed by atoms with Crippen LogP contribution in [0, 0.1) is 27.7 Å². The van der Waals surface area contributed by atoms with Crippen LogP contribution in [0.5, 0.6) is 0 Å². The smallest absolute Gasteiger partial charge is 0.325 e. The Morgan fingerprint density at radius 3 is 2.30 bits per heavy atom. The van der Waals surface area contributed by atoms with Crippen molar-refractivity contribution in [3.8, 4) is 0 Å². The SMILES string of the molecule is Cc1ccc(NC(=O)NC(=O)[C@@H](C)N(C)CC(=O)Nc2cccc(C)c2C)c(C)c1. The van der Waals surface area contributed by atoms with Gasteiger partial charge in [-0.2, -0.15) is 0 Å². The van der Waals surface area contributed by atoms with Crippen LogP contribution < -0.4 is 16.0 Å². The zero-order chi connectivity index (χ0) is 22.4. The molecule has 0 aliphatic carbocycles. The minimum atomic E-state index is -0.667. The monoisotopic (exact) mass is 410 g/mol. The van der Waals surface area contributed by atoms with Gasteiger partial charge in [0.15, 0.2) is 0 Å². The average molecular weight is 411 g/mol. The van der Waals surface area contributed by atoms with Gasteiger partial charge >= 0.3 is 6.03 Å². The molecule has 4 amide bonds. The van der Waals surface area contributed by atoms with E-state index in [4.69, 9.17) is 0 Å². The predicted molar refractivity (Wildman–Crippen MR) is 120 cm³/mol. The summed E-state index contributed by atoms with van der Waals surface area (Å²) < 4.78 is 0. The van der Waals surface area contributed by atoms with Crippen LogP contribution in [0.25, 0.3) is 0 Å². The van der Waals surface area contributed by atoms with Crippen LogP contribution in [-0.4, -0.2) is 42.4 Å². The number of hydrogen-bond acceptors (Lipinski definition) is 4. The maximum absolute atomic E-state index is 12.4. The number of amides is 4. The Bertz CT molecular complexity index is 955. The lowest BCUT2D eigenvalue weighted by Gasteiger charge is -2.23. The second kappa shape index (κ2) is 10.0. The second-order valence-corrected chi connectivity index (χ2v) is 7.65. The quantitative estimate of drug-likeness (QED) is 0.680. The molecule has 0 spiro atoms. The molecule has 2 aromatic carbocycles. The van der Waals surface area contributed by atoms with Crippen LogP contribution in [-0.2, 0) is 9.59 Å². The molecule has 3 N–H and O–H groups in total. The molecule has 0 aliphatic heterocycles. The molecule has 1 atom stereocenters. The predicted octanol–water partition coefficient (Wildman–Crippen LogP) is 3.53. The summed E-state index contributed by atoms with van der Waals surface area (Å²) >= 11 is 0. The number of nitrogens with one attached hydrogen (secondary N) is 3. The number of nitrogens with zero attached hydrogens (tertiary/aromatic N) is 1. The minimum absolute atomic E-state index is 0.0145. The zero-order valence-corrected chi connectivity index (χ0v) is 18.4. The number of imide groups is 1. The van der Waals surface area contributed by atoms with Gasteiger partial charge < -0.3 is 10.6 Å². The average Bonchev–Trinajstić information content (AvgIpc) is 2.66. The molecule has 0 aromatic heterocycles. The lowest BCUT2D eigenvalue weighted by atomic mass is 10.1. The summed E-state index contributed by atoms with van der Waals surface area (Å²) in [5, 5.41) is 7.87. The second-order valence-electron chi connectivity index (χ2n) is 7.65. The summed E-state index contributed by atoms with van der Waals surface area (Å²) in [5.74, 6) is -0.718. The van der Waals surface area contributed by atoms with Crippen LogP contribution in [0.4, 0.5) is 16.2 Å². The van der Waals surface area contributed by atoms with Crippen molar-refractivity contribution in [3.05, 3.63) is 58.7 Å². The van der Waals surface area contributed by atoms with Gasteiger partial charge in [0.2, 0.25) is 11.8 Å². The van der Waals surface area contributed by atoms with E-state index in [1.807, 2.05) is 58.0 Å². The first-order valence-electron chi connectivity index (χ1n) is 9.84. The van der Waals surface area contributed by atoms with Crippen LogP contribution in [0.1, 0.15) is 29.2 Å². The van der Waals surface area contributed by atoms with Crippen molar-refractivity contribution >= 4 is 29.2 Å². The van der Waals surface area contributed by atoms with E-state index in [1.54, 1.807) is 24.9 Å². The van der Waals surface area contributed by atoms with Crippen LogP contribution in [0.2, 0.25) is 0 Å². The number of aryl methyl sites for hydroxylation is 3. The van der Waals surface area contributed by atoms with E-state index in [1.165, 1.54) is 0 Å². The maximum atomic E-state index is 12.4. The normalized spacial score (nSPS) is 11.7. The van der Waals surface area contributed by atoms with Gasteiger partial charge in [0.1, 0.15) is 0 Å². The Balaban J connectivity index is 1.89. The van der Waals surface area contributed by atoms with Gasteiger partial charge in [0, 0.05) is 11.4 Å². The largest absolute Gasteiger partial charge is 0.325 e. The van der Waals surface area contributed by atoms with E-state index in [0.717, 1.165) is 27.9 Å². The fourth-order valence-corrected chi connectivity index (χ4v) is 2.96. The number of urea groups is 1. The van der Waals surface area contributed by atoms with Crippen LogP contribution >= 0.6 is 0 Å². The number of carbonyl (C=O) groups excluding carboxylic acids is 3. The van der Waals surface area contributed by atoms with Crippen molar-refractivity contribution < 1.29 is 14.4 Å². The highest BCUT2D eigenvalue weighted by atomic mass is 16.2. The first-order valence-corrected chi connectivity index (χ1v) is 9.84. The molecule has 160 valence electrons. The summed E-state index contributed by atoms with van der Waals surface area (Å²) in [6.07, 6.45) is 0. The Kier molecular flexibility index (Phi) is 7.72. The molecule has 2 aromatic rings. The first-order chi connectivity index (χ1) is 14.1. The number of anilines is 2. The number of rotatable bonds is 6. The van der Waals surface area contributed by atoms with Crippen molar-refractivity contribution in [1.82, 2.24) is 10.2 Å². The fourth-order valence-electron chi connectivity index (χ4n) is 2.96. The van der Waals surface area contributed by atoms with Crippen LogP contribution in [0.3, 0.4) is 0 Å². The third kappa shape index (κ3) is 6.15. The molecule has 0 saturated carbocycles. The van der Waals surface area contributed by atoms with E-state index < -0.39 is 18.0 Å². The topological polar surface area (TPSA) is 90.5 Å². The molecule has 0 bridgehead atoms. The standard InChI is InChI=1S/C23H30N4O3/c1-14-10-11-19(16(3)12-14)25-23(30)26-22(29)18(5)27(6)13-21(28)24-20-9-7-8-15(2)17(20)4/h7-12,18H,13H2,1-6H3,(H,24,28)(H2,25,26,29,30)/t18-/m1/s1. The highest BCUT2D eigenvalue weighted by Gasteiger charge is 2.22. The third-order valence-electron chi connectivity index (χ3n) is 5.18. The first kappa shape index (κ1) is 23.1. The number of benzene rings is 2. The van der Waals surface area contributed by atoms with E-state index in [9.17, 15) is 14.4 Å². The van der Waals surface area contributed by atoms with Gasteiger partial charge in [-0.05, 0) is 70.5 Å². The molecular weight excluding hydrogens is 380 g/mol. The molecule has 0 saturated heterocycles. The minimum Gasteiger partial charge on any atom is -0.325 e. The van der Waals surface area contributed by atoms with Gasteiger partial charge in [0.05, 0.1) is 12.6 Å². The highest BCUT2D eigenvalue weighted by molar-refractivity contribution is 6.03. The fraction of sp³-hybridized carbons (Fsp3) is 0.348. The molecule has 30 heavy (non-hydrogen) atoms. The Morgan fingerprint density at radius 2 is 1.63 bits per heavy atom. The molecule has 7 nitrogen and oxygen atoms in total. The van der Waals surface area contributed by atoms with E-state index in [0.29, 0.717) is 5.69 Å². The highest BCUT2D eigenvalue weighted by Crippen LogP contribution is 2.18. The Morgan fingerprint density at radius 1 is 0.933 bits per heavy atom. The van der Waals surface area contributed by atoms with Gasteiger partial charge in [-0.25, -0.2) is 4.79 Å². The molecule has 0 radical (unpaired) electrons. The van der Waals surface area contributed by atoms with Crippen molar-refractivity contribution in [2.75, 3.05) is 24.2 Å². The number of hydrogen-bond donors (Lipinski definition) is 3. The third-order valence-corrected chi connectivity index (χ3v) is 5.18. The maximum Gasteiger partial charge on any atom is 0.325 e. The molecule has 0 unspecified atom stereocenters. The molecule has 2 rings (SSSR count). The van der Waals surface area contributed by atoms with Crippen molar-refractivity contribution in [3.63, 3.8) is 0 Å². The van der Waals surface area contributed by atoms with Gasteiger partial charge in [-0.15, -0.1) is 0 Å². The molecular formula is C23H30N4O3.